The fourth-order valence-corrected chi connectivity index (χ4v) is 1.56. The van der Waals surface area contributed by atoms with Crippen LogP contribution in [0.1, 0.15) is 24.5 Å². The highest BCUT2D eigenvalue weighted by Gasteiger charge is 2.05. The standard InChI is InChI=1S/C13H16FNO2/c1-9-7-12(14)4-3-11(9)5-6-15-13(17)8-10(2)16/h3-4,7H,5-6,8H2,1-2H3,(H,15,17). The van der Waals surface area contributed by atoms with Crippen molar-refractivity contribution >= 4 is 11.7 Å². The van der Waals surface area contributed by atoms with Gasteiger partial charge in [0.15, 0.2) is 0 Å². The molecule has 1 rings (SSSR count). The van der Waals surface area contributed by atoms with Crippen molar-refractivity contribution in [1.29, 1.82) is 0 Å². The Labute approximate surface area is 100 Å². The summed E-state index contributed by atoms with van der Waals surface area (Å²) in [7, 11) is 0. The van der Waals surface area contributed by atoms with Gasteiger partial charge < -0.3 is 5.32 Å². The Balaban J connectivity index is 2.41. The summed E-state index contributed by atoms with van der Waals surface area (Å²) in [5.74, 6) is -0.676. The molecule has 0 atom stereocenters. The van der Waals surface area contributed by atoms with Gasteiger partial charge >= 0.3 is 0 Å². The molecular formula is C13H16FNO2. The zero-order valence-corrected chi connectivity index (χ0v) is 10.0. The van der Waals surface area contributed by atoms with E-state index in [9.17, 15) is 14.0 Å². The lowest BCUT2D eigenvalue weighted by Crippen LogP contribution is -2.27. The molecule has 0 unspecified atom stereocenters. The van der Waals surface area contributed by atoms with Crippen molar-refractivity contribution in [2.45, 2.75) is 26.7 Å². The van der Waals surface area contributed by atoms with Gasteiger partial charge in [-0.05, 0) is 43.5 Å². The fraction of sp³-hybridized carbons (Fsp3) is 0.385. The molecule has 1 aromatic rings. The van der Waals surface area contributed by atoms with E-state index in [1.165, 1.54) is 19.1 Å². The lowest BCUT2D eigenvalue weighted by Gasteiger charge is -2.07. The zero-order chi connectivity index (χ0) is 12.8. The predicted octanol–water partition coefficient (Wildman–Crippen LogP) is 1.77. The molecule has 3 nitrogen and oxygen atoms in total. The quantitative estimate of drug-likeness (QED) is 0.793. The smallest absolute Gasteiger partial charge is 0.227 e. The highest BCUT2D eigenvalue weighted by atomic mass is 19.1. The number of rotatable bonds is 5. The summed E-state index contributed by atoms with van der Waals surface area (Å²) in [6, 6.07) is 4.58. The van der Waals surface area contributed by atoms with Crippen LogP contribution in [0.2, 0.25) is 0 Å². The van der Waals surface area contributed by atoms with E-state index in [0.717, 1.165) is 11.1 Å². The van der Waals surface area contributed by atoms with Crippen LogP contribution in [0, 0.1) is 12.7 Å². The summed E-state index contributed by atoms with van der Waals surface area (Å²) in [5, 5.41) is 2.65. The number of halogens is 1. The Kier molecular flexibility index (Phi) is 4.82. The molecule has 4 heteroatoms. The minimum absolute atomic E-state index is 0.0810. The van der Waals surface area contributed by atoms with Gasteiger partial charge in [0.05, 0.1) is 6.42 Å². The minimum atomic E-state index is -0.266. The first-order valence-corrected chi connectivity index (χ1v) is 5.50. The number of hydrogen-bond donors (Lipinski definition) is 1. The Hall–Kier alpha value is -1.71. The monoisotopic (exact) mass is 237 g/mol. The van der Waals surface area contributed by atoms with Crippen LogP contribution in [0.25, 0.3) is 0 Å². The first-order valence-electron chi connectivity index (χ1n) is 5.50. The highest BCUT2D eigenvalue weighted by molar-refractivity contribution is 5.96. The van der Waals surface area contributed by atoms with Crippen LogP contribution < -0.4 is 5.32 Å². The van der Waals surface area contributed by atoms with Crippen LogP contribution in [0.4, 0.5) is 4.39 Å². The van der Waals surface area contributed by atoms with E-state index in [2.05, 4.69) is 5.32 Å². The molecule has 0 aliphatic rings. The molecule has 0 spiro atoms. The first-order chi connectivity index (χ1) is 7.99. The van der Waals surface area contributed by atoms with Crippen molar-refractivity contribution in [1.82, 2.24) is 5.32 Å². The van der Waals surface area contributed by atoms with Crippen molar-refractivity contribution in [3.8, 4) is 0 Å². The largest absolute Gasteiger partial charge is 0.355 e. The third-order valence-corrected chi connectivity index (χ3v) is 2.43. The Morgan fingerprint density at radius 3 is 2.65 bits per heavy atom. The summed E-state index contributed by atoms with van der Waals surface area (Å²) in [6.07, 6.45) is 0.554. The molecule has 0 heterocycles. The van der Waals surface area contributed by atoms with E-state index < -0.39 is 0 Å². The second-order valence-electron chi connectivity index (χ2n) is 4.05. The van der Waals surface area contributed by atoms with Crippen LogP contribution in [0.3, 0.4) is 0 Å². The molecule has 1 aromatic carbocycles. The molecule has 0 bridgehead atoms. The summed E-state index contributed by atoms with van der Waals surface area (Å²) < 4.78 is 12.8. The highest BCUT2D eigenvalue weighted by Crippen LogP contribution is 2.10. The van der Waals surface area contributed by atoms with Gasteiger partial charge in [-0.2, -0.15) is 0 Å². The molecular weight excluding hydrogens is 221 g/mol. The maximum atomic E-state index is 12.8. The molecule has 1 amide bonds. The van der Waals surface area contributed by atoms with Crippen molar-refractivity contribution in [3.05, 3.63) is 35.1 Å². The number of aryl methyl sites for hydroxylation is 1. The summed E-state index contributed by atoms with van der Waals surface area (Å²) >= 11 is 0. The molecule has 0 radical (unpaired) electrons. The van der Waals surface area contributed by atoms with Crippen molar-refractivity contribution in [3.63, 3.8) is 0 Å². The molecule has 1 N–H and O–H groups in total. The van der Waals surface area contributed by atoms with Crippen molar-refractivity contribution in [2.24, 2.45) is 0 Å². The number of hydrogen-bond acceptors (Lipinski definition) is 2. The predicted molar refractivity (Wildman–Crippen MR) is 63.1 cm³/mol. The average molecular weight is 237 g/mol. The molecule has 0 saturated carbocycles. The average Bonchev–Trinajstić information content (AvgIpc) is 2.20. The number of carbonyl (C=O) groups is 2. The molecule has 17 heavy (non-hydrogen) atoms. The van der Waals surface area contributed by atoms with Crippen LogP contribution in [0.5, 0.6) is 0 Å². The van der Waals surface area contributed by atoms with Gasteiger partial charge in [-0.1, -0.05) is 6.07 Å². The third kappa shape index (κ3) is 4.76. The van der Waals surface area contributed by atoms with E-state index in [1.807, 2.05) is 6.92 Å². The SMILES string of the molecule is CC(=O)CC(=O)NCCc1ccc(F)cc1C. The number of Topliss-reactive ketones (excluding diaryl/α,β-unsaturated/α-hetero) is 1. The summed E-state index contributed by atoms with van der Waals surface area (Å²) in [4.78, 5) is 21.9. The van der Waals surface area contributed by atoms with Crippen LogP contribution in [-0.2, 0) is 16.0 Å². The van der Waals surface area contributed by atoms with Gasteiger partial charge in [0, 0.05) is 6.54 Å². The molecule has 0 aliphatic heterocycles. The second kappa shape index (κ2) is 6.13. The zero-order valence-electron chi connectivity index (χ0n) is 10.0. The minimum Gasteiger partial charge on any atom is -0.355 e. The maximum absolute atomic E-state index is 12.8. The van der Waals surface area contributed by atoms with Gasteiger partial charge in [0.25, 0.3) is 0 Å². The molecule has 0 aliphatic carbocycles. The first kappa shape index (κ1) is 13.4. The fourth-order valence-electron chi connectivity index (χ4n) is 1.56. The van der Waals surface area contributed by atoms with Crippen LogP contribution >= 0.6 is 0 Å². The number of ketones is 1. The lowest BCUT2D eigenvalue weighted by molar-refractivity contribution is -0.127. The van der Waals surface area contributed by atoms with E-state index in [-0.39, 0.29) is 23.9 Å². The normalized spacial score (nSPS) is 10.1. The maximum Gasteiger partial charge on any atom is 0.227 e. The third-order valence-electron chi connectivity index (χ3n) is 2.43. The van der Waals surface area contributed by atoms with Gasteiger partial charge in [-0.3, -0.25) is 9.59 Å². The van der Waals surface area contributed by atoms with E-state index >= 15 is 0 Å². The van der Waals surface area contributed by atoms with Crippen molar-refractivity contribution in [2.75, 3.05) is 6.54 Å². The topological polar surface area (TPSA) is 46.2 Å². The van der Waals surface area contributed by atoms with Crippen LogP contribution in [-0.4, -0.2) is 18.2 Å². The Bertz CT molecular complexity index is 429. The number of amides is 1. The number of nitrogens with one attached hydrogen (secondary N) is 1. The van der Waals surface area contributed by atoms with Gasteiger partial charge in [-0.25, -0.2) is 4.39 Å². The van der Waals surface area contributed by atoms with Crippen molar-refractivity contribution < 1.29 is 14.0 Å². The number of carbonyl (C=O) groups excluding carboxylic acids is 2. The molecule has 0 fully saturated rings. The Morgan fingerprint density at radius 2 is 2.06 bits per heavy atom. The van der Waals surface area contributed by atoms with Gasteiger partial charge in [0.2, 0.25) is 5.91 Å². The van der Waals surface area contributed by atoms with Crippen LogP contribution in [0.15, 0.2) is 18.2 Å². The van der Waals surface area contributed by atoms with E-state index in [0.29, 0.717) is 13.0 Å². The molecule has 0 aromatic heterocycles. The van der Waals surface area contributed by atoms with Gasteiger partial charge in [-0.15, -0.1) is 0 Å². The van der Waals surface area contributed by atoms with Gasteiger partial charge in [0.1, 0.15) is 11.6 Å². The summed E-state index contributed by atoms with van der Waals surface area (Å²) in [6.45, 7) is 3.66. The molecule has 92 valence electrons. The molecule has 0 saturated heterocycles. The summed E-state index contributed by atoms with van der Waals surface area (Å²) in [5.41, 5.74) is 1.86. The lowest BCUT2D eigenvalue weighted by atomic mass is 10.1. The van der Waals surface area contributed by atoms with E-state index in [1.54, 1.807) is 6.07 Å². The number of benzene rings is 1. The van der Waals surface area contributed by atoms with E-state index in [4.69, 9.17) is 0 Å². The Morgan fingerprint density at radius 1 is 1.35 bits per heavy atom. The second-order valence-corrected chi connectivity index (χ2v) is 4.05.